The van der Waals surface area contributed by atoms with Crippen molar-refractivity contribution < 1.29 is 17.9 Å². The van der Waals surface area contributed by atoms with Crippen LogP contribution in [0, 0.1) is 0 Å². The van der Waals surface area contributed by atoms with Crippen molar-refractivity contribution in [3.05, 3.63) is 23.2 Å². The highest BCUT2D eigenvalue weighted by molar-refractivity contribution is 7.89. The zero-order valence-corrected chi connectivity index (χ0v) is 14.2. The normalized spacial score (nSPS) is 22.4. The van der Waals surface area contributed by atoms with Crippen LogP contribution in [0.25, 0.3) is 0 Å². The highest BCUT2D eigenvalue weighted by Crippen LogP contribution is 2.30. The molecule has 1 unspecified atom stereocenters. The Hall–Kier alpha value is -1.15. The molecule has 2 heterocycles. The molecule has 2 fully saturated rings. The number of nitrogens with one attached hydrogen (secondary N) is 1. The number of rotatable bonds is 4. The Morgan fingerprint density at radius 3 is 2.65 bits per heavy atom. The van der Waals surface area contributed by atoms with E-state index < -0.39 is 16.1 Å². The average molecular weight is 359 g/mol. The van der Waals surface area contributed by atoms with Crippen molar-refractivity contribution in [3.63, 3.8) is 0 Å². The topological polar surface area (TPSA) is 75.7 Å². The van der Waals surface area contributed by atoms with Gasteiger partial charge in [-0.15, -0.1) is 0 Å². The van der Waals surface area contributed by atoms with Crippen LogP contribution in [0.1, 0.15) is 25.7 Å². The van der Waals surface area contributed by atoms with Crippen molar-refractivity contribution in [2.45, 2.75) is 36.7 Å². The van der Waals surface area contributed by atoms with E-state index in [0.717, 1.165) is 19.3 Å². The first-order valence-corrected chi connectivity index (χ1v) is 9.52. The summed E-state index contributed by atoms with van der Waals surface area (Å²) in [6, 6.07) is 4.51. The predicted octanol–water partition coefficient (Wildman–Crippen LogP) is 2.24. The van der Waals surface area contributed by atoms with E-state index in [0.29, 0.717) is 31.8 Å². The van der Waals surface area contributed by atoms with Gasteiger partial charge in [0.15, 0.2) is 0 Å². The second-order valence-electron chi connectivity index (χ2n) is 5.75. The third kappa shape index (κ3) is 3.52. The smallest absolute Gasteiger partial charge is 0.253 e. The molecule has 1 aromatic rings. The second-order valence-corrected chi connectivity index (χ2v) is 8.06. The second kappa shape index (κ2) is 6.76. The lowest BCUT2D eigenvalue weighted by Crippen LogP contribution is -2.29. The van der Waals surface area contributed by atoms with Gasteiger partial charge in [-0.3, -0.25) is 4.79 Å². The number of anilines is 1. The van der Waals surface area contributed by atoms with Gasteiger partial charge in [0.05, 0.1) is 5.02 Å². The van der Waals surface area contributed by atoms with Crippen LogP contribution in [-0.2, 0) is 19.6 Å². The van der Waals surface area contributed by atoms with Crippen molar-refractivity contribution in [1.29, 1.82) is 0 Å². The van der Waals surface area contributed by atoms with Crippen LogP contribution in [-0.4, -0.2) is 44.4 Å². The first-order valence-electron chi connectivity index (χ1n) is 7.70. The molecule has 1 amide bonds. The third-order valence-corrected chi connectivity index (χ3v) is 6.48. The summed E-state index contributed by atoms with van der Waals surface area (Å²) < 4.78 is 32.1. The van der Waals surface area contributed by atoms with Gasteiger partial charge in [0.1, 0.15) is 11.0 Å². The van der Waals surface area contributed by atoms with Crippen molar-refractivity contribution >= 4 is 33.2 Å². The van der Waals surface area contributed by atoms with Gasteiger partial charge in [-0.2, -0.15) is 4.31 Å². The fraction of sp³-hybridized carbons (Fsp3) is 0.533. The Balaban J connectivity index is 1.82. The number of sulfonamides is 1. The molecule has 0 bridgehead atoms. The summed E-state index contributed by atoms with van der Waals surface area (Å²) in [5.41, 5.74) is 0.410. The summed E-state index contributed by atoms with van der Waals surface area (Å²) in [7, 11) is -3.63. The van der Waals surface area contributed by atoms with Gasteiger partial charge in [0, 0.05) is 25.4 Å². The number of hydrogen-bond donors (Lipinski definition) is 1. The third-order valence-electron chi connectivity index (χ3n) is 4.10. The van der Waals surface area contributed by atoms with Crippen LogP contribution in [0.2, 0.25) is 5.02 Å². The Morgan fingerprint density at radius 1 is 1.26 bits per heavy atom. The molecule has 0 saturated carbocycles. The van der Waals surface area contributed by atoms with E-state index >= 15 is 0 Å². The van der Waals surface area contributed by atoms with E-state index in [1.807, 2.05) is 0 Å². The zero-order chi connectivity index (χ0) is 16.4. The molecular weight excluding hydrogens is 340 g/mol. The van der Waals surface area contributed by atoms with Gasteiger partial charge in [-0.25, -0.2) is 8.42 Å². The highest BCUT2D eigenvalue weighted by Gasteiger charge is 2.30. The number of hydrogen-bond acceptors (Lipinski definition) is 4. The molecule has 126 valence electrons. The largest absolute Gasteiger partial charge is 0.368 e. The van der Waals surface area contributed by atoms with Crippen LogP contribution in [0.15, 0.2) is 23.1 Å². The maximum absolute atomic E-state index is 12.7. The highest BCUT2D eigenvalue weighted by atomic mass is 35.5. The Morgan fingerprint density at radius 2 is 2.00 bits per heavy atom. The first-order chi connectivity index (χ1) is 11.0. The van der Waals surface area contributed by atoms with Crippen LogP contribution in [0.5, 0.6) is 0 Å². The number of carbonyl (C=O) groups is 1. The number of benzene rings is 1. The molecule has 2 aliphatic rings. The van der Waals surface area contributed by atoms with E-state index in [-0.39, 0.29) is 15.8 Å². The average Bonchev–Trinajstić information content (AvgIpc) is 3.22. The van der Waals surface area contributed by atoms with Gasteiger partial charge in [-0.1, -0.05) is 11.6 Å². The first kappa shape index (κ1) is 16.7. The van der Waals surface area contributed by atoms with Crippen LogP contribution in [0.4, 0.5) is 5.69 Å². The van der Waals surface area contributed by atoms with Gasteiger partial charge in [0.2, 0.25) is 10.0 Å². The van der Waals surface area contributed by atoms with Gasteiger partial charge in [0.25, 0.3) is 5.91 Å². The van der Waals surface area contributed by atoms with Gasteiger partial charge in [-0.05, 0) is 43.9 Å². The fourth-order valence-corrected chi connectivity index (χ4v) is 4.87. The molecule has 1 aromatic carbocycles. The van der Waals surface area contributed by atoms with Crippen LogP contribution in [0.3, 0.4) is 0 Å². The number of nitrogens with zero attached hydrogens (tertiary/aromatic N) is 1. The van der Waals surface area contributed by atoms with Gasteiger partial charge < -0.3 is 10.1 Å². The predicted molar refractivity (Wildman–Crippen MR) is 87.0 cm³/mol. The summed E-state index contributed by atoms with van der Waals surface area (Å²) in [4.78, 5) is 12.1. The molecule has 2 aliphatic heterocycles. The Bertz CT molecular complexity index is 695. The molecule has 6 nitrogen and oxygen atoms in total. The van der Waals surface area contributed by atoms with Crippen molar-refractivity contribution in [2.75, 3.05) is 25.0 Å². The van der Waals surface area contributed by atoms with E-state index in [1.54, 1.807) is 6.07 Å². The number of amides is 1. The maximum atomic E-state index is 12.7. The quantitative estimate of drug-likeness (QED) is 0.895. The molecular formula is C15H19ClN2O4S. The summed E-state index contributed by atoms with van der Waals surface area (Å²) >= 11 is 6.08. The zero-order valence-electron chi connectivity index (χ0n) is 12.6. The SMILES string of the molecule is O=C(Nc1ccc(Cl)c(S(=O)(=O)N2CCCC2)c1)C1CCCO1. The molecule has 1 atom stereocenters. The molecule has 3 rings (SSSR count). The lowest BCUT2D eigenvalue weighted by Gasteiger charge is -2.17. The lowest BCUT2D eigenvalue weighted by atomic mass is 10.2. The van der Waals surface area contributed by atoms with E-state index in [1.165, 1.54) is 16.4 Å². The monoisotopic (exact) mass is 358 g/mol. The molecule has 0 radical (unpaired) electrons. The number of halogens is 1. The van der Waals surface area contributed by atoms with Gasteiger partial charge >= 0.3 is 0 Å². The minimum Gasteiger partial charge on any atom is -0.368 e. The summed E-state index contributed by atoms with van der Waals surface area (Å²) in [5, 5.41) is 2.87. The molecule has 0 aliphatic carbocycles. The summed E-state index contributed by atoms with van der Waals surface area (Å²) in [6.07, 6.45) is 2.77. The molecule has 1 N–H and O–H groups in total. The van der Waals surface area contributed by atoms with Crippen LogP contribution < -0.4 is 5.32 Å². The molecule has 0 spiro atoms. The lowest BCUT2D eigenvalue weighted by molar-refractivity contribution is -0.124. The van der Waals surface area contributed by atoms with Crippen molar-refractivity contribution in [1.82, 2.24) is 4.31 Å². The van der Waals surface area contributed by atoms with E-state index in [4.69, 9.17) is 16.3 Å². The van der Waals surface area contributed by atoms with Crippen molar-refractivity contribution in [3.8, 4) is 0 Å². The minimum absolute atomic E-state index is 0.0335. The van der Waals surface area contributed by atoms with Crippen LogP contribution >= 0.6 is 11.6 Å². The fourth-order valence-electron chi connectivity index (χ4n) is 2.85. The summed E-state index contributed by atoms with van der Waals surface area (Å²) in [6.45, 7) is 1.59. The molecule has 0 aromatic heterocycles. The number of ether oxygens (including phenoxy) is 1. The molecule has 23 heavy (non-hydrogen) atoms. The minimum atomic E-state index is -3.63. The van der Waals surface area contributed by atoms with E-state index in [9.17, 15) is 13.2 Å². The maximum Gasteiger partial charge on any atom is 0.253 e. The van der Waals surface area contributed by atoms with E-state index in [2.05, 4.69) is 5.32 Å². The molecule has 2 saturated heterocycles. The Labute approximate surface area is 140 Å². The molecule has 8 heteroatoms. The van der Waals surface area contributed by atoms with Crippen molar-refractivity contribution in [2.24, 2.45) is 0 Å². The standard InChI is InChI=1S/C15H19ClN2O4S/c16-12-6-5-11(17-15(19)13-4-3-9-22-13)10-14(12)23(20,21)18-7-1-2-8-18/h5-6,10,13H,1-4,7-9H2,(H,17,19). The summed E-state index contributed by atoms with van der Waals surface area (Å²) in [5.74, 6) is -0.255. The Kier molecular flexibility index (Phi) is 4.91. The number of carbonyl (C=O) groups excluding carboxylic acids is 1.